The number of piperazine rings is 1. The minimum Gasteiger partial charge on any atom is -0.369 e. The number of hydrogen-bond acceptors (Lipinski definition) is 8. The number of anilines is 1. The van der Waals surface area contributed by atoms with Crippen molar-refractivity contribution in [2.75, 3.05) is 31.1 Å². The van der Waals surface area contributed by atoms with Gasteiger partial charge in [-0.05, 0) is 12.1 Å². The molecular formula is C17H20F3N4O4S4+. The van der Waals surface area contributed by atoms with E-state index in [1.165, 1.54) is 12.1 Å². The Bertz CT molecular complexity index is 1150. The molecule has 0 radical (unpaired) electrons. The van der Waals surface area contributed by atoms with Gasteiger partial charge in [0.25, 0.3) is 10.0 Å². The van der Waals surface area contributed by atoms with E-state index in [2.05, 4.69) is 35.1 Å². The molecule has 8 nitrogen and oxygen atoms in total. The highest BCUT2D eigenvalue weighted by Gasteiger charge is 2.48. The summed E-state index contributed by atoms with van der Waals surface area (Å²) in [5.74, 6) is 0. The zero-order valence-corrected chi connectivity index (χ0v) is 19.8. The van der Waals surface area contributed by atoms with Crippen LogP contribution < -0.4 is 13.6 Å². The number of benzene rings is 1. The van der Waals surface area contributed by atoms with Gasteiger partial charge in [0, 0.05) is 56.1 Å². The van der Waals surface area contributed by atoms with Crippen molar-refractivity contribution in [1.29, 1.82) is 0 Å². The van der Waals surface area contributed by atoms with Gasteiger partial charge in [-0.25, -0.2) is 16.8 Å². The predicted molar refractivity (Wildman–Crippen MR) is 119 cm³/mol. The van der Waals surface area contributed by atoms with Gasteiger partial charge in [0.05, 0.1) is 9.60 Å². The summed E-state index contributed by atoms with van der Waals surface area (Å²) in [4.78, 5) is 3.72. The van der Waals surface area contributed by atoms with E-state index in [4.69, 9.17) is 0 Å². The number of aromatic nitrogens is 1. The Balaban J connectivity index is 1.71. The minimum atomic E-state index is -6.05. The maximum atomic E-state index is 12.5. The Morgan fingerprint density at radius 2 is 1.44 bits per heavy atom. The lowest BCUT2D eigenvalue weighted by molar-refractivity contribution is -0.595. The molecule has 0 amide bonds. The fraction of sp³-hybridized carbons (Fsp3) is 0.353. The molecule has 0 spiro atoms. The standard InChI is InChI=1S/C17H19F3N4O4S4/c18-17(19,20)32(27,28)21-31(25,26)15-3-1-13(2-4-15)22-7-5-14(6-8-22)23-9-11-24(12-10-23)16(29)30/h1-8,16,21H,9-12H2,(H-,29,30)/p+1. The van der Waals surface area contributed by atoms with Crippen LogP contribution in [0.3, 0.4) is 0 Å². The van der Waals surface area contributed by atoms with Gasteiger partial charge in [0.1, 0.15) is 0 Å². The van der Waals surface area contributed by atoms with Crippen molar-refractivity contribution in [3.8, 4) is 5.69 Å². The normalized spacial score (nSPS) is 16.5. The van der Waals surface area contributed by atoms with Crippen LogP contribution in [0.2, 0.25) is 0 Å². The van der Waals surface area contributed by atoms with E-state index >= 15 is 0 Å². The SMILES string of the molecule is O=S(=O)(NS(=O)(=O)C(F)(F)F)c1ccc(-[n+]2ccc(N3CCN(C(S)S)CC3)cc2)cc1. The van der Waals surface area contributed by atoms with Gasteiger partial charge in [-0.1, -0.05) is 4.13 Å². The molecule has 32 heavy (non-hydrogen) atoms. The molecule has 1 aliphatic heterocycles. The molecule has 0 aliphatic carbocycles. The average molecular weight is 530 g/mol. The van der Waals surface area contributed by atoms with E-state index in [1.54, 1.807) is 17.0 Å². The Labute approximate surface area is 194 Å². The maximum Gasteiger partial charge on any atom is 0.512 e. The second-order valence-corrected chi connectivity index (χ2v) is 11.9. The summed E-state index contributed by atoms with van der Waals surface area (Å²) in [5, 5.41) is 0. The Kier molecular flexibility index (Phi) is 7.36. The number of pyridine rings is 1. The van der Waals surface area contributed by atoms with E-state index in [0.29, 0.717) is 9.81 Å². The summed E-state index contributed by atoms with van der Waals surface area (Å²) in [6.07, 6.45) is 3.52. The zero-order chi connectivity index (χ0) is 23.7. The third kappa shape index (κ3) is 5.69. The van der Waals surface area contributed by atoms with Crippen LogP contribution in [-0.2, 0) is 20.0 Å². The molecule has 1 saturated heterocycles. The van der Waals surface area contributed by atoms with Crippen molar-refractivity contribution in [2.24, 2.45) is 0 Å². The van der Waals surface area contributed by atoms with E-state index in [0.717, 1.165) is 44.0 Å². The quantitative estimate of drug-likeness (QED) is 0.298. The molecule has 15 heteroatoms. The van der Waals surface area contributed by atoms with Crippen LogP contribution in [0.4, 0.5) is 18.9 Å². The van der Waals surface area contributed by atoms with Gasteiger partial charge in [0.15, 0.2) is 12.4 Å². The lowest BCUT2D eigenvalue weighted by Gasteiger charge is -2.37. The summed E-state index contributed by atoms with van der Waals surface area (Å²) in [7, 11) is -11.0. The third-order valence-corrected chi connectivity index (χ3v) is 8.70. The van der Waals surface area contributed by atoms with Crippen LogP contribution in [0.1, 0.15) is 0 Å². The fourth-order valence-corrected chi connectivity index (χ4v) is 5.92. The first kappa shape index (κ1) is 25.1. The summed E-state index contributed by atoms with van der Waals surface area (Å²) in [6.45, 7) is 3.26. The molecule has 2 heterocycles. The molecule has 0 saturated carbocycles. The topological polar surface area (TPSA) is 90.7 Å². The highest BCUT2D eigenvalue weighted by Crippen LogP contribution is 2.24. The number of nitrogens with zero attached hydrogens (tertiary/aromatic N) is 3. The molecule has 1 fully saturated rings. The molecule has 2 aromatic rings. The van der Waals surface area contributed by atoms with Crippen LogP contribution in [0.5, 0.6) is 0 Å². The summed E-state index contributed by atoms with van der Waals surface area (Å²) in [5.41, 5.74) is -4.21. The van der Waals surface area contributed by atoms with Gasteiger partial charge < -0.3 is 4.90 Å². The number of thiol groups is 2. The number of halogens is 3. The van der Waals surface area contributed by atoms with Crippen LogP contribution in [0.25, 0.3) is 5.69 Å². The molecule has 1 aromatic heterocycles. The number of nitrogens with one attached hydrogen (secondary N) is 1. The second-order valence-electron chi connectivity index (χ2n) is 6.86. The van der Waals surface area contributed by atoms with Crippen LogP contribution in [0.15, 0.2) is 53.7 Å². The summed E-state index contributed by atoms with van der Waals surface area (Å²) < 4.78 is 85.9. The van der Waals surface area contributed by atoms with Gasteiger partial charge in [-0.3, -0.25) is 4.90 Å². The highest BCUT2D eigenvalue weighted by atomic mass is 32.3. The molecule has 3 rings (SSSR count). The third-order valence-electron chi connectivity index (χ3n) is 4.79. The lowest BCUT2D eigenvalue weighted by Crippen LogP contribution is -2.48. The van der Waals surface area contributed by atoms with E-state index in [9.17, 15) is 30.0 Å². The number of sulfonamides is 2. The monoisotopic (exact) mass is 529 g/mol. The Hall–Kier alpha value is -1.52. The molecule has 0 unspecified atom stereocenters. The van der Waals surface area contributed by atoms with Gasteiger partial charge >= 0.3 is 15.5 Å². The van der Waals surface area contributed by atoms with E-state index in [-0.39, 0.29) is 4.71 Å². The first-order valence-corrected chi connectivity index (χ1v) is 13.1. The summed E-state index contributed by atoms with van der Waals surface area (Å²) in [6, 6.07) is 8.52. The second kappa shape index (κ2) is 9.38. The molecule has 0 atom stereocenters. The summed E-state index contributed by atoms with van der Waals surface area (Å²) >= 11 is 8.63. The van der Waals surface area contributed by atoms with Crippen LogP contribution in [0, 0.1) is 0 Å². The molecule has 1 N–H and O–H groups in total. The lowest BCUT2D eigenvalue weighted by atomic mass is 10.2. The van der Waals surface area contributed by atoms with Crippen LogP contribution in [-0.4, -0.2) is 58.1 Å². The van der Waals surface area contributed by atoms with Crippen molar-refractivity contribution in [1.82, 2.24) is 9.03 Å². The van der Waals surface area contributed by atoms with Gasteiger partial charge in [0.2, 0.25) is 5.69 Å². The average Bonchev–Trinajstić information content (AvgIpc) is 2.72. The maximum absolute atomic E-state index is 12.5. The van der Waals surface area contributed by atoms with Gasteiger partial charge in [-0.15, -0.1) is 25.3 Å². The first-order valence-electron chi connectivity index (χ1n) is 9.12. The number of alkyl halides is 3. The molecule has 1 aliphatic rings. The largest absolute Gasteiger partial charge is 0.512 e. The Morgan fingerprint density at radius 3 is 1.91 bits per heavy atom. The fourth-order valence-electron chi connectivity index (χ4n) is 3.05. The Morgan fingerprint density at radius 1 is 0.906 bits per heavy atom. The molecule has 0 bridgehead atoms. The minimum absolute atomic E-state index is 0.106. The number of hydrogen-bond donors (Lipinski definition) is 3. The molecule has 176 valence electrons. The molecular weight excluding hydrogens is 509 g/mol. The van der Waals surface area contributed by atoms with Crippen molar-refractivity contribution in [3.05, 3.63) is 48.8 Å². The van der Waals surface area contributed by atoms with E-state index in [1.807, 2.05) is 12.1 Å². The van der Waals surface area contributed by atoms with E-state index < -0.39 is 30.5 Å². The number of rotatable bonds is 6. The zero-order valence-electron chi connectivity index (χ0n) is 16.3. The smallest absolute Gasteiger partial charge is 0.369 e. The van der Waals surface area contributed by atoms with Crippen molar-refractivity contribution in [3.63, 3.8) is 0 Å². The van der Waals surface area contributed by atoms with Crippen molar-refractivity contribution in [2.45, 2.75) is 15.1 Å². The first-order chi connectivity index (χ1) is 14.8. The van der Waals surface area contributed by atoms with Crippen molar-refractivity contribution >= 4 is 51.0 Å². The van der Waals surface area contributed by atoms with Crippen molar-refractivity contribution < 1.29 is 34.6 Å². The van der Waals surface area contributed by atoms with Crippen LogP contribution >= 0.6 is 25.3 Å². The molecule has 1 aromatic carbocycles. The highest BCUT2D eigenvalue weighted by molar-refractivity contribution is 8.05. The predicted octanol–water partition coefficient (Wildman–Crippen LogP) is 1.36. The van der Waals surface area contributed by atoms with Gasteiger partial charge in [-0.2, -0.15) is 17.7 Å².